The molecule has 0 unspecified atom stereocenters. The van der Waals surface area contributed by atoms with E-state index in [4.69, 9.17) is 10.2 Å². The van der Waals surface area contributed by atoms with Crippen LogP contribution in [0.3, 0.4) is 0 Å². The van der Waals surface area contributed by atoms with Crippen molar-refractivity contribution in [1.29, 1.82) is 10.5 Å². The molecule has 2 rings (SSSR count). The number of nitrogens with zero attached hydrogens (tertiary/aromatic N) is 6. The van der Waals surface area contributed by atoms with Crippen LogP contribution in [0.1, 0.15) is 44.1 Å². The first kappa shape index (κ1) is 18.2. The Bertz CT molecular complexity index is 619. The second kappa shape index (κ2) is 8.61. The third-order valence-electron chi connectivity index (χ3n) is 4.34. The largest absolute Gasteiger partial charge is 0.354 e. The minimum atomic E-state index is -0.0509. The molecule has 2 heterocycles. The van der Waals surface area contributed by atoms with Crippen LogP contribution in [0, 0.1) is 35.5 Å². The number of anilines is 1. The predicted molar refractivity (Wildman–Crippen MR) is 93.5 cm³/mol. The van der Waals surface area contributed by atoms with Crippen LogP contribution in [0.5, 0.6) is 0 Å². The van der Waals surface area contributed by atoms with Gasteiger partial charge in [0, 0.05) is 56.8 Å². The smallest absolute Gasteiger partial charge is 0.133 e. The Hall–Kier alpha value is -2.18. The van der Waals surface area contributed by atoms with Crippen LogP contribution in [0.25, 0.3) is 0 Å². The van der Waals surface area contributed by atoms with Crippen molar-refractivity contribution in [1.82, 2.24) is 14.9 Å². The Morgan fingerprint density at radius 1 is 1.17 bits per heavy atom. The molecular formula is C18H26N6. The van der Waals surface area contributed by atoms with Crippen molar-refractivity contribution in [2.75, 3.05) is 37.6 Å². The molecule has 0 spiro atoms. The molecule has 1 aromatic rings. The maximum atomic E-state index is 9.21. The Morgan fingerprint density at radius 3 is 2.46 bits per heavy atom. The van der Waals surface area contributed by atoms with Crippen LogP contribution in [0.2, 0.25) is 0 Å². The van der Waals surface area contributed by atoms with Crippen molar-refractivity contribution in [3.05, 3.63) is 17.6 Å². The molecule has 0 saturated carbocycles. The molecule has 1 fully saturated rings. The van der Waals surface area contributed by atoms with E-state index in [9.17, 15) is 5.26 Å². The molecule has 0 aliphatic carbocycles. The summed E-state index contributed by atoms with van der Waals surface area (Å²) in [6, 6.07) is 6.50. The van der Waals surface area contributed by atoms with Crippen LogP contribution in [0.15, 0.2) is 6.07 Å². The minimum Gasteiger partial charge on any atom is -0.354 e. The quantitative estimate of drug-likeness (QED) is 0.799. The summed E-state index contributed by atoms with van der Waals surface area (Å²) >= 11 is 0. The number of hydrogen-bond donors (Lipinski definition) is 0. The van der Waals surface area contributed by atoms with Crippen LogP contribution in [0.4, 0.5) is 5.82 Å². The molecule has 0 N–H and O–H groups in total. The Labute approximate surface area is 144 Å². The zero-order valence-corrected chi connectivity index (χ0v) is 14.9. The van der Waals surface area contributed by atoms with E-state index in [2.05, 4.69) is 40.8 Å². The van der Waals surface area contributed by atoms with Gasteiger partial charge in [0.25, 0.3) is 0 Å². The average Bonchev–Trinajstić information content (AvgIpc) is 2.58. The lowest BCUT2D eigenvalue weighted by atomic mass is 10.0. The lowest BCUT2D eigenvalue weighted by molar-refractivity contribution is 0.232. The fraction of sp³-hybridized carbons (Fsp3) is 0.667. The van der Waals surface area contributed by atoms with Crippen LogP contribution < -0.4 is 4.90 Å². The molecule has 0 amide bonds. The molecule has 6 heteroatoms. The predicted octanol–water partition coefficient (Wildman–Crippen LogP) is 2.47. The SMILES string of the molecule is Cc1cc(N2CCN(C[C@H](C#N)CCC#N)CC2)nc(C(C)C)n1. The molecule has 1 atom stereocenters. The fourth-order valence-corrected chi connectivity index (χ4v) is 2.90. The van der Waals surface area contributed by atoms with Gasteiger partial charge in [-0.05, 0) is 13.3 Å². The Kier molecular flexibility index (Phi) is 6.52. The maximum absolute atomic E-state index is 9.21. The molecule has 1 saturated heterocycles. The summed E-state index contributed by atoms with van der Waals surface area (Å²) < 4.78 is 0. The lowest BCUT2D eigenvalue weighted by Crippen LogP contribution is -2.48. The summed E-state index contributed by atoms with van der Waals surface area (Å²) in [6.45, 7) is 10.6. The van der Waals surface area contributed by atoms with Crippen molar-refractivity contribution in [2.45, 2.75) is 39.5 Å². The van der Waals surface area contributed by atoms with E-state index < -0.39 is 0 Å². The molecule has 24 heavy (non-hydrogen) atoms. The second-order valence-corrected chi connectivity index (χ2v) is 6.69. The minimum absolute atomic E-state index is 0.0509. The van der Waals surface area contributed by atoms with Gasteiger partial charge >= 0.3 is 0 Å². The number of piperazine rings is 1. The Balaban J connectivity index is 1.93. The zero-order chi connectivity index (χ0) is 17.5. The lowest BCUT2D eigenvalue weighted by Gasteiger charge is -2.36. The standard InChI is InChI=1S/C18H26N6/c1-14(2)18-21-15(3)11-17(22-18)24-9-7-23(8-10-24)13-16(12-20)5-4-6-19/h11,14,16H,4-5,7-10,13H2,1-3H3/t16-/m0/s1. The average molecular weight is 326 g/mol. The van der Waals surface area contributed by atoms with E-state index in [-0.39, 0.29) is 5.92 Å². The Morgan fingerprint density at radius 2 is 1.88 bits per heavy atom. The molecule has 1 aliphatic rings. The highest BCUT2D eigenvalue weighted by Gasteiger charge is 2.21. The van der Waals surface area contributed by atoms with Gasteiger partial charge in [-0.2, -0.15) is 10.5 Å². The third kappa shape index (κ3) is 4.91. The first-order chi connectivity index (χ1) is 11.5. The van der Waals surface area contributed by atoms with E-state index in [0.29, 0.717) is 18.8 Å². The topological polar surface area (TPSA) is 79.8 Å². The van der Waals surface area contributed by atoms with Gasteiger partial charge in [-0.25, -0.2) is 9.97 Å². The van der Waals surface area contributed by atoms with Crippen molar-refractivity contribution < 1.29 is 0 Å². The van der Waals surface area contributed by atoms with Gasteiger partial charge < -0.3 is 4.90 Å². The van der Waals surface area contributed by atoms with E-state index in [1.54, 1.807) is 0 Å². The van der Waals surface area contributed by atoms with Gasteiger partial charge in [-0.15, -0.1) is 0 Å². The number of nitriles is 2. The normalized spacial score (nSPS) is 16.7. The summed E-state index contributed by atoms with van der Waals surface area (Å²) in [5.74, 6) is 2.17. The third-order valence-corrected chi connectivity index (χ3v) is 4.34. The number of rotatable bonds is 6. The van der Waals surface area contributed by atoms with Crippen molar-refractivity contribution in [2.24, 2.45) is 5.92 Å². The molecule has 1 aliphatic heterocycles. The van der Waals surface area contributed by atoms with Crippen LogP contribution >= 0.6 is 0 Å². The summed E-state index contributed by atoms with van der Waals surface area (Å²) in [5, 5.41) is 17.9. The molecule has 6 nitrogen and oxygen atoms in total. The second-order valence-electron chi connectivity index (χ2n) is 6.69. The van der Waals surface area contributed by atoms with Crippen molar-refractivity contribution in [3.63, 3.8) is 0 Å². The van der Waals surface area contributed by atoms with E-state index in [1.165, 1.54) is 0 Å². The van der Waals surface area contributed by atoms with Gasteiger partial charge in [0.05, 0.1) is 18.1 Å². The van der Waals surface area contributed by atoms with Gasteiger partial charge in [0.15, 0.2) is 0 Å². The number of aryl methyl sites for hydroxylation is 1. The van der Waals surface area contributed by atoms with Gasteiger partial charge in [0.1, 0.15) is 11.6 Å². The summed E-state index contributed by atoms with van der Waals surface area (Å²) in [7, 11) is 0. The van der Waals surface area contributed by atoms with E-state index in [1.807, 2.05) is 13.0 Å². The summed E-state index contributed by atoms with van der Waals surface area (Å²) in [6.07, 6.45) is 1.12. The van der Waals surface area contributed by atoms with Crippen LogP contribution in [-0.2, 0) is 0 Å². The first-order valence-electron chi connectivity index (χ1n) is 8.63. The van der Waals surface area contributed by atoms with Gasteiger partial charge in [-0.3, -0.25) is 4.90 Å². The monoisotopic (exact) mass is 326 g/mol. The highest BCUT2D eigenvalue weighted by atomic mass is 15.3. The number of aromatic nitrogens is 2. The molecule has 128 valence electrons. The highest BCUT2D eigenvalue weighted by molar-refractivity contribution is 5.40. The van der Waals surface area contributed by atoms with Crippen molar-refractivity contribution >= 4 is 5.82 Å². The van der Waals surface area contributed by atoms with E-state index >= 15 is 0 Å². The molecule has 0 radical (unpaired) electrons. The van der Waals surface area contributed by atoms with Gasteiger partial charge in [0.2, 0.25) is 0 Å². The fourth-order valence-electron chi connectivity index (χ4n) is 2.90. The molecule has 1 aromatic heterocycles. The summed E-state index contributed by atoms with van der Waals surface area (Å²) in [4.78, 5) is 13.8. The first-order valence-corrected chi connectivity index (χ1v) is 8.63. The highest BCUT2D eigenvalue weighted by Crippen LogP contribution is 2.19. The number of hydrogen-bond acceptors (Lipinski definition) is 6. The van der Waals surface area contributed by atoms with Crippen LogP contribution in [-0.4, -0.2) is 47.6 Å². The van der Waals surface area contributed by atoms with Crippen molar-refractivity contribution in [3.8, 4) is 12.1 Å². The molecule has 0 bridgehead atoms. The van der Waals surface area contributed by atoms with Gasteiger partial charge in [-0.1, -0.05) is 13.8 Å². The molecule has 0 aromatic carbocycles. The molecular weight excluding hydrogens is 300 g/mol. The summed E-state index contributed by atoms with van der Waals surface area (Å²) in [5.41, 5.74) is 1.01. The van der Waals surface area contributed by atoms with E-state index in [0.717, 1.165) is 50.1 Å². The zero-order valence-electron chi connectivity index (χ0n) is 14.9. The maximum Gasteiger partial charge on any atom is 0.133 e.